The topological polar surface area (TPSA) is 21.3 Å². The highest BCUT2D eigenvalue weighted by Gasteiger charge is 2.52. The van der Waals surface area contributed by atoms with E-state index in [1.165, 1.54) is 38.6 Å². The highest BCUT2D eigenvalue weighted by Crippen LogP contribution is 2.50. The summed E-state index contributed by atoms with van der Waals surface area (Å²) in [5.41, 5.74) is 1.02. The monoisotopic (exact) mass is 239 g/mol. The number of ether oxygens (including phenoxy) is 1. The minimum absolute atomic E-state index is 0.361. The summed E-state index contributed by atoms with van der Waals surface area (Å²) in [5, 5.41) is 3.82. The molecule has 1 N–H and O–H groups in total. The average molecular weight is 239 g/mol. The molecule has 0 aliphatic heterocycles. The van der Waals surface area contributed by atoms with E-state index in [9.17, 15) is 0 Å². The minimum Gasteiger partial charge on any atom is -0.378 e. The lowest BCUT2D eigenvalue weighted by Crippen LogP contribution is -2.62. The second-order valence-electron chi connectivity index (χ2n) is 6.33. The lowest BCUT2D eigenvalue weighted by molar-refractivity contribution is -0.126. The highest BCUT2D eigenvalue weighted by atomic mass is 16.5. The molecular formula is C15H29NO. The Morgan fingerprint density at radius 3 is 2.35 bits per heavy atom. The summed E-state index contributed by atoms with van der Waals surface area (Å²) < 4.78 is 5.85. The molecule has 0 amide bonds. The molecule has 3 atom stereocenters. The van der Waals surface area contributed by atoms with Gasteiger partial charge < -0.3 is 10.1 Å². The van der Waals surface area contributed by atoms with Gasteiger partial charge in [-0.15, -0.1) is 0 Å². The van der Waals surface area contributed by atoms with Crippen LogP contribution in [0, 0.1) is 10.8 Å². The van der Waals surface area contributed by atoms with E-state index in [1.807, 2.05) is 0 Å². The minimum atomic E-state index is 0.361. The summed E-state index contributed by atoms with van der Waals surface area (Å²) in [6.45, 7) is 11.2. The van der Waals surface area contributed by atoms with Crippen molar-refractivity contribution in [3.05, 3.63) is 0 Å². The molecule has 3 unspecified atom stereocenters. The highest BCUT2D eigenvalue weighted by molar-refractivity contribution is 5.06. The van der Waals surface area contributed by atoms with Gasteiger partial charge in [-0.05, 0) is 44.4 Å². The molecular weight excluding hydrogens is 210 g/mol. The van der Waals surface area contributed by atoms with Crippen LogP contribution in [0.15, 0.2) is 0 Å². The van der Waals surface area contributed by atoms with E-state index in [0.717, 1.165) is 6.61 Å². The molecule has 2 heteroatoms. The van der Waals surface area contributed by atoms with Crippen LogP contribution >= 0.6 is 0 Å². The molecule has 2 fully saturated rings. The summed E-state index contributed by atoms with van der Waals surface area (Å²) in [4.78, 5) is 0. The zero-order valence-corrected chi connectivity index (χ0v) is 12.0. The average Bonchev–Trinajstić information content (AvgIpc) is 3.12. The smallest absolute Gasteiger partial charge is 0.0658 e. The van der Waals surface area contributed by atoms with E-state index in [1.54, 1.807) is 0 Å². The van der Waals surface area contributed by atoms with Crippen molar-refractivity contribution in [1.29, 1.82) is 0 Å². The maximum Gasteiger partial charge on any atom is 0.0658 e. The van der Waals surface area contributed by atoms with Crippen LogP contribution in [0.5, 0.6) is 0 Å². The van der Waals surface area contributed by atoms with Gasteiger partial charge in [0.1, 0.15) is 0 Å². The maximum absolute atomic E-state index is 5.85. The Morgan fingerprint density at radius 1 is 1.18 bits per heavy atom. The van der Waals surface area contributed by atoms with E-state index in [-0.39, 0.29) is 0 Å². The Balaban J connectivity index is 1.82. The van der Waals surface area contributed by atoms with Gasteiger partial charge in [-0.3, -0.25) is 0 Å². The third-order valence-electron chi connectivity index (χ3n) is 5.54. The van der Waals surface area contributed by atoms with E-state index in [0.29, 0.717) is 23.0 Å². The molecule has 0 saturated heterocycles. The van der Waals surface area contributed by atoms with Crippen LogP contribution < -0.4 is 5.32 Å². The van der Waals surface area contributed by atoms with Crippen LogP contribution in [0.1, 0.15) is 59.8 Å². The first kappa shape index (κ1) is 13.4. The van der Waals surface area contributed by atoms with Crippen LogP contribution in [-0.2, 0) is 4.74 Å². The van der Waals surface area contributed by atoms with E-state index in [2.05, 4.69) is 33.0 Å². The fourth-order valence-electron chi connectivity index (χ4n) is 3.24. The van der Waals surface area contributed by atoms with Crippen molar-refractivity contribution < 1.29 is 4.74 Å². The van der Waals surface area contributed by atoms with Gasteiger partial charge in [-0.1, -0.05) is 20.8 Å². The third-order valence-corrected chi connectivity index (χ3v) is 5.54. The predicted octanol–water partition coefficient (Wildman–Crippen LogP) is 3.36. The number of rotatable bonds is 7. The summed E-state index contributed by atoms with van der Waals surface area (Å²) in [5.74, 6) is 0. The van der Waals surface area contributed by atoms with Gasteiger partial charge >= 0.3 is 0 Å². The van der Waals surface area contributed by atoms with Crippen LogP contribution in [0.3, 0.4) is 0 Å². The second-order valence-corrected chi connectivity index (χ2v) is 6.33. The quantitative estimate of drug-likeness (QED) is 0.735. The predicted molar refractivity (Wildman–Crippen MR) is 72.2 cm³/mol. The normalized spacial score (nSPS) is 38.8. The van der Waals surface area contributed by atoms with Gasteiger partial charge in [-0.25, -0.2) is 0 Å². The lowest BCUT2D eigenvalue weighted by Gasteiger charge is -2.54. The summed E-state index contributed by atoms with van der Waals surface area (Å²) in [6.07, 6.45) is 7.10. The first-order valence-corrected chi connectivity index (χ1v) is 7.45. The molecule has 0 aromatic rings. The first-order chi connectivity index (χ1) is 8.10. The Hall–Kier alpha value is -0.0800. The fraction of sp³-hybridized carbons (Fsp3) is 1.00. The van der Waals surface area contributed by atoms with Gasteiger partial charge in [0.05, 0.1) is 6.10 Å². The van der Waals surface area contributed by atoms with Crippen LogP contribution in [0.2, 0.25) is 0 Å². The molecule has 0 heterocycles. The summed E-state index contributed by atoms with van der Waals surface area (Å²) in [6, 6.07) is 0.674. The molecule has 0 aromatic heterocycles. The summed E-state index contributed by atoms with van der Waals surface area (Å²) in [7, 11) is 0. The molecule has 2 aliphatic carbocycles. The number of nitrogens with one attached hydrogen (secondary N) is 1. The van der Waals surface area contributed by atoms with Gasteiger partial charge in [0.2, 0.25) is 0 Å². The molecule has 0 aromatic carbocycles. The molecule has 0 bridgehead atoms. The molecule has 2 nitrogen and oxygen atoms in total. The van der Waals surface area contributed by atoms with Crippen molar-refractivity contribution in [2.45, 2.75) is 71.9 Å². The second kappa shape index (κ2) is 4.89. The molecule has 2 aliphatic rings. The van der Waals surface area contributed by atoms with Crippen LogP contribution in [0.4, 0.5) is 0 Å². The zero-order valence-electron chi connectivity index (χ0n) is 12.0. The molecule has 0 radical (unpaired) electrons. The molecule has 0 spiro atoms. The lowest BCUT2D eigenvalue weighted by atomic mass is 9.61. The van der Waals surface area contributed by atoms with Crippen molar-refractivity contribution in [2.24, 2.45) is 10.8 Å². The molecule has 2 saturated carbocycles. The Labute approximate surface area is 107 Å². The standard InChI is InChI=1S/C15H29NO/c1-5-14(4)12(10-13(14)17-7-3)16-11-15(6-2)8-9-15/h12-13,16H,5-11H2,1-4H3. The Morgan fingerprint density at radius 2 is 1.88 bits per heavy atom. The maximum atomic E-state index is 5.85. The van der Waals surface area contributed by atoms with E-state index < -0.39 is 0 Å². The van der Waals surface area contributed by atoms with E-state index in [4.69, 9.17) is 4.74 Å². The van der Waals surface area contributed by atoms with Gasteiger partial charge in [0, 0.05) is 24.6 Å². The SMILES string of the molecule is CCOC1CC(NCC2(CC)CC2)C1(C)CC. The van der Waals surface area contributed by atoms with Crippen molar-refractivity contribution in [2.75, 3.05) is 13.2 Å². The fourth-order valence-corrected chi connectivity index (χ4v) is 3.24. The van der Waals surface area contributed by atoms with Crippen molar-refractivity contribution in [3.8, 4) is 0 Å². The Bertz CT molecular complexity index is 262. The zero-order chi connectivity index (χ0) is 12.5. The van der Waals surface area contributed by atoms with Gasteiger partial charge in [0.25, 0.3) is 0 Å². The Kier molecular flexibility index (Phi) is 3.84. The van der Waals surface area contributed by atoms with E-state index >= 15 is 0 Å². The van der Waals surface area contributed by atoms with Crippen LogP contribution in [-0.4, -0.2) is 25.3 Å². The van der Waals surface area contributed by atoms with Crippen LogP contribution in [0.25, 0.3) is 0 Å². The van der Waals surface area contributed by atoms with Crippen molar-refractivity contribution in [1.82, 2.24) is 5.32 Å². The van der Waals surface area contributed by atoms with Gasteiger partial charge in [-0.2, -0.15) is 0 Å². The third kappa shape index (κ3) is 2.39. The van der Waals surface area contributed by atoms with Crippen molar-refractivity contribution >= 4 is 0 Å². The number of hydrogen-bond donors (Lipinski definition) is 1. The first-order valence-electron chi connectivity index (χ1n) is 7.45. The summed E-state index contributed by atoms with van der Waals surface area (Å²) >= 11 is 0. The largest absolute Gasteiger partial charge is 0.378 e. The molecule has 17 heavy (non-hydrogen) atoms. The number of hydrogen-bond acceptors (Lipinski definition) is 2. The molecule has 2 rings (SSSR count). The van der Waals surface area contributed by atoms with Gasteiger partial charge in [0.15, 0.2) is 0 Å². The van der Waals surface area contributed by atoms with Crippen molar-refractivity contribution in [3.63, 3.8) is 0 Å². The molecule has 100 valence electrons.